The van der Waals surface area contributed by atoms with E-state index in [1.165, 1.54) is 25.2 Å². The first-order valence-electron chi connectivity index (χ1n) is 7.59. The van der Waals surface area contributed by atoms with Gasteiger partial charge in [-0.2, -0.15) is 0 Å². The number of carbonyl (C=O) groups excluding carboxylic acids is 1. The molecule has 10 heteroatoms. The van der Waals surface area contributed by atoms with Crippen molar-refractivity contribution in [2.75, 3.05) is 22.9 Å². The van der Waals surface area contributed by atoms with Crippen molar-refractivity contribution in [1.82, 2.24) is 0 Å². The number of sulfonamides is 1. The van der Waals surface area contributed by atoms with E-state index in [-0.39, 0.29) is 11.3 Å². The Hall–Kier alpha value is -2.75. The zero-order valence-corrected chi connectivity index (χ0v) is 15.5. The molecular formula is C17H17F3N2O4S. The molecule has 0 aromatic heterocycles. The Balaban J connectivity index is 2.22. The second-order valence-electron chi connectivity index (χ2n) is 5.71. The lowest BCUT2D eigenvalue weighted by atomic mass is 10.1. The van der Waals surface area contributed by atoms with Crippen LogP contribution in [0, 0.1) is 6.92 Å². The lowest BCUT2D eigenvalue weighted by Crippen LogP contribution is -2.26. The molecule has 2 aromatic carbocycles. The SMILES string of the molecule is Cc1c(C(=O)Nc2ccc(OC(F)(F)F)cc2)cccc1N(C)S(C)(=O)=O. The average molecular weight is 402 g/mol. The van der Waals surface area contributed by atoms with E-state index >= 15 is 0 Å². The van der Waals surface area contributed by atoms with Crippen molar-refractivity contribution in [2.45, 2.75) is 13.3 Å². The third-order valence-corrected chi connectivity index (χ3v) is 4.92. The predicted molar refractivity (Wildman–Crippen MR) is 95.5 cm³/mol. The van der Waals surface area contributed by atoms with Gasteiger partial charge in [-0.1, -0.05) is 6.07 Å². The molecule has 0 saturated carbocycles. The molecule has 1 amide bonds. The summed E-state index contributed by atoms with van der Waals surface area (Å²) in [5, 5.41) is 2.55. The fraction of sp³-hybridized carbons (Fsp3) is 0.235. The van der Waals surface area contributed by atoms with Gasteiger partial charge in [0.25, 0.3) is 5.91 Å². The van der Waals surface area contributed by atoms with Crippen LogP contribution in [0.1, 0.15) is 15.9 Å². The zero-order valence-electron chi connectivity index (χ0n) is 14.7. The molecular weight excluding hydrogens is 385 g/mol. The van der Waals surface area contributed by atoms with E-state index in [0.29, 0.717) is 11.3 Å². The summed E-state index contributed by atoms with van der Waals surface area (Å²) in [5.74, 6) is -0.936. The molecule has 0 unspecified atom stereocenters. The molecule has 1 N–H and O–H groups in total. The van der Waals surface area contributed by atoms with E-state index < -0.39 is 28.0 Å². The molecule has 146 valence electrons. The molecule has 0 atom stereocenters. The number of rotatable bonds is 5. The van der Waals surface area contributed by atoms with E-state index in [0.717, 1.165) is 22.7 Å². The van der Waals surface area contributed by atoms with Crippen molar-refractivity contribution in [3.8, 4) is 5.75 Å². The van der Waals surface area contributed by atoms with Crippen LogP contribution in [0.4, 0.5) is 24.5 Å². The second-order valence-corrected chi connectivity index (χ2v) is 7.72. The molecule has 0 spiro atoms. The number of anilines is 2. The van der Waals surface area contributed by atoms with Crippen LogP contribution in [0.2, 0.25) is 0 Å². The van der Waals surface area contributed by atoms with E-state index in [9.17, 15) is 26.4 Å². The highest BCUT2D eigenvalue weighted by atomic mass is 32.2. The van der Waals surface area contributed by atoms with Crippen LogP contribution < -0.4 is 14.4 Å². The Morgan fingerprint density at radius 1 is 1.11 bits per heavy atom. The monoisotopic (exact) mass is 402 g/mol. The first-order valence-corrected chi connectivity index (χ1v) is 9.44. The standard InChI is InChI=1S/C17H17F3N2O4S/c1-11-14(5-4-6-15(11)22(2)27(3,24)25)16(23)21-12-7-9-13(10-8-12)26-17(18,19)20/h4-10H,1-3H3,(H,21,23). The normalized spacial score (nSPS) is 11.8. The van der Waals surface area contributed by atoms with Gasteiger partial charge < -0.3 is 10.1 Å². The summed E-state index contributed by atoms with van der Waals surface area (Å²) in [6.07, 6.45) is -3.75. The predicted octanol–water partition coefficient (Wildman–Crippen LogP) is 3.54. The van der Waals surface area contributed by atoms with Gasteiger partial charge in [-0.25, -0.2) is 8.42 Å². The Kier molecular flexibility index (Phi) is 5.69. The van der Waals surface area contributed by atoms with Crippen molar-refractivity contribution in [3.05, 3.63) is 53.6 Å². The molecule has 0 fully saturated rings. The van der Waals surface area contributed by atoms with Crippen LogP contribution in [0.15, 0.2) is 42.5 Å². The van der Waals surface area contributed by atoms with Crippen molar-refractivity contribution < 1.29 is 31.1 Å². The molecule has 0 aliphatic heterocycles. The van der Waals surface area contributed by atoms with Gasteiger partial charge in [-0.05, 0) is 48.9 Å². The highest BCUT2D eigenvalue weighted by Gasteiger charge is 2.31. The Morgan fingerprint density at radius 2 is 1.70 bits per heavy atom. The first-order chi connectivity index (χ1) is 12.4. The summed E-state index contributed by atoms with van der Waals surface area (Å²) in [5.41, 5.74) is 1.29. The smallest absolute Gasteiger partial charge is 0.406 e. The van der Waals surface area contributed by atoms with Crippen molar-refractivity contribution >= 4 is 27.3 Å². The minimum atomic E-state index is -4.80. The number of nitrogens with one attached hydrogen (secondary N) is 1. The average Bonchev–Trinajstić information content (AvgIpc) is 2.54. The van der Waals surface area contributed by atoms with Gasteiger partial charge in [0.1, 0.15) is 5.75 Å². The topological polar surface area (TPSA) is 75.7 Å². The molecule has 2 rings (SSSR count). The van der Waals surface area contributed by atoms with Gasteiger partial charge in [-0.15, -0.1) is 13.2 Å². The highest BCUT2D eigenvalue weighted by molar-refractivity contribution is 7.92. The highest BCUT2D eigenvalue weighted by Crippen LogP contribution is 2.26. The summed E-state index contributed by atoms with van der Waals surface area (Å²) in [6, 6.07) is 9.30. The lowest BCUT2D eigenvalue weighted by molar-refractivity contribution is -0.274. The van der Waals surface area contributed by atoms with Crippen LogP contribution >= 0.6 is 0 Å². The van der Waals surface area contributed by atoms with Crippen LogP contribution in [-0.2, 0) is 10.0 Å². The third kappa shape index (κ3) is 5.36. The lowest BCUT2D eigenvalue weighted by Gasteiger charge is -2.20. The zero-order chi connectivity index (χ0) is 20.4. The number of ether oxygens (including phenoxy) is 1. The summed E-state index contributed by atoms with van der Waals surface area (Å²) in [7, 11) is -2.13. The van der Waals surface area contributed by atoms with Crippen molar-refractivity contribution in [1.29, 1.82) is 0 Å². The van der Waals surface area contributed by atoms with E-state index in [1.807, 2.05) is 0 Å². The van der Waals surface area contributed by atoms with Gasteiger partial charge in [0, 0.05) is 18.3 Å². The van der Waals surface area contributed by atoms with Crippen molar-refractivity contribution in [2.24, 2.45) is 0 Å². The van der Waals surface area contributed by atoms with Crippen LogP contribution in [0.3, 0.4) is 0 Å². The minimum Gasteiger partial charge on any atom is -0.406 e. The molecule has 27 heavy (non-hydrogen) atoms. The molecule has 6 nitrogen and oxygen atoms in total. The van der Waals surface area contributed by atoms with Crippen LogP contribution in [-0.4, -0.2) is 34.0 Å². The molecule has 2 aromatic rings. The number of amides is 1. The maximum atomic E-state index is 12.5. The number of benzene rings is 2. The molecule has 0 bridgehead atoms. The molecule has 0 saturated heterocycles. The van der Waals surface area contributed by atoms with Gasteiger partial charge in [0.2, 0.25) is 10.0 Å². The quantitative estimate of drug-likeness (QED) is 0.830. The largest absolute Gasteiger partial charge is 0.573 e. The number of halogens is 3. The molecule has 0 radical (unpaired) electrons. The molecule has 0 heterocycles. The van der Waals surface area contributed by atoms with Gasteiger partial charge in [0.05, 0.1) is 11.9 Å². The Bertz CT molecular complexity index is 942. The number of alkyl halides is 3. The number of carbonyl (C=O) groups is 1. The van der Waals surface area contributed by atoms with Gasteiger partial charge in [-0.3, -0.25) is 9.10 Å². The summed E-state index contributed by atoms with van der Waals surface area (Å²) in [4.78, 5) is 12.5. The summed E-state index contributed by atoms with van der Waals surface area (Å²) >= 11 is 0. The van der Waals surface area contributed by atoms with Crippen molar-refractivity contribution in [3.63, 3.8) is 0 Å². The second kappa shape index (κ2) is 7.47. The Morgan fingerprint density at radius 3 is 2.22 bits per heavy atom. The number of hydrogen-bond donors (Lipinski definition) is 1. The first kappa shape index (κ1) is 20.6. The third-order valence-electron chi connectivity index (χ3n) is 3.73. The van der Waals surface area contributed by atoms with E-state index in [4.69, 9.17) is 0 Å². The fourth-order valence-electron chi connectivity index (χ4n) is 2.33. The van der Waals surface area contributed by atoms with E-state index in [2.05, 4.69) is 10.1 Å². The number of hydrogen-bond acceptors (Lipinski definition) is 4. The van der Waals surface area contributed by atoms with Crippen LogP contribution in [0.5, 0.6) is 5.75 Å². The molecule has 0 aliphatic carbocycles. The van der Waals surface area contributed by atoms with E-state index in [1.54, 1.807) is 19.1 Å². The van der Waals surface area contributed by atoms with Gasteiger partial charge in [0.15, 0.2) is 0 Å². The summed E-state index contributed by atoms with van der Waals surface area (Å²) < 4.78 is 64.8. The maximum Gasteiger partial charge on any atom is 0.573 e. The fourth-order valence-corrected chi connectivity index (χ4v) is 2.88. The Labute approximate surface area is 154 Å². The van der Waals surface area contributed by atoms with Gasteiger partial charge >= 0.3 is 6.36 Å². The summed E-state index contributed by atoms with van der Waals surface area (Å²) in [6.45, 7) is 1.60. The van der Waals surface area contributed by atoms with Crippen LogP contribution in [0.25, 0.3) is 0 Å². The minimum absolute atomic E-state index is 0.235. The number of nitrogens with zero attached hydrogens (tertiary/aromatic N) is 1. The molecule has 0 aliphatic rings. The maximum absolute atomic E-state index is 12.5.